The van der Waals surface area contributed by atoms with Crippen LogP contribution in [0, 0.1) is 5.41 Å². The molecular formula is C9H10N2O3. The van der Waals surface area contributed by atoms with Gasteiger partial charge >= 0.3 is 5.97 Å². The lowest BCUT2D eigenvalue weighted by molar-refractivity contribution is -0.132. The summed E-state index contributed by atoms with van der Waals surface area (Å²) in [5.74, 6) is -1.04. The number of allylic oxidation sites excluding steroid dienone is 2. The molecule has 0 aromatic heterocycles. The van der Waals surface area contributed by atoms with Crippen molar-refractivity contribution in [2.75, 3.05) is 6.61 Å². The average molecular weight is 194 g/mol. The van der Waals surface area contributed by atoms with E-state index in [1.807, 2.05) is 0 Å². The van der Waals surface area contributed by atoms with Crippen LogP contribution in [0.3, 0.4) is 0 Å². The van der Waals surface area contributed by atoms with Gasteiger partial charge in [-0.25, -0.2) is 4.79 Å². The van der Waals surface area contributed by atoms with Gasteiger partial charge in [0.15, 0.2) is 0 Å². The maximum atomic E-state index is 10.6. The zero-order valence-corrected chi connectivity index (χ0v) is 7.65. The number of aliphatic carboxylic acids is 1. The molecule has 0 bridgehead atoms. The zero-order chi connectivity index (χ0) is 10.6. The van der Waals surface area contributed by atoms with Crippen LogP contribution in [0.2, 0.25) is 0 Å². The van der Waals surface area contributed by atoms with Crippen LogP contribution < -0.4 is 0 Å². The van der Waals surface area contributed by atoms with E-state index in [0.29, 0.717) is 6.61 Å². The predicted octanol–water partition coefficient (Wildman–Crippen LogP) is 0.979. The molecule has 14 heavy (non-hydrogen) atoms. The Kier molecular flexibility index (Phi) is 3.17. The second-order valence-electron chi connectivity index (χ2n) is 2.55. The van der Waals surface area contributed by atoms with E-state index in [9.17, 15) is 4.79 Å². The van der Waals surface area contributed by atoms with Gasteiger partial charge < -0.3 is 9.94 Å². The van der Waals surface area contributed by atoms with Gasteiger partial charge in [-0.1, -0.05) is 5.16 Å². The molecule has 0 aromatic carbocycles. The number of oxime groups is 1. The Balaban J connectivity index is 2.91. The smallest absolute Gasteiger partial charge is 0.335 e. The molecule has 0 saturated carbocycles. The Morgan fingerprint density at radius 1 is 1.64 bits per heavy atom. The van der Waals surface area contributed by atoms with Crippen LogP contribution in [0.5, 0.6) is 0 Å². The van der Waals surface area contributed by atoms with E-state index >= 15 is 0 Å². The van der Waals surface area contributed by atoms with E-state index in [-0.39, 0.29) is 17.0 Å². The molecule has 1 rings (SSSR count). The van der Waals surface area contributed by atoms with Gasteiger partial charge in [0.1, 0.15) is 12.3 Å². The van der Waals surface area contributed by atoms with E-state index in [0.717, 1.165) is 0 Å². The third-order valence-electron chi connectivity index (χ3n) is 1.54. The van der Waals surface area contributed by atoms with Gasteiger partial charge in [-0.15, -0.1) is 0 Å². The summed E-state index contributed by atoms with van der Waals surface area (Å²) in [7, 11) is 0. The van der Waals surface area contributed by atoms with Gasteiger partial charge in [-0.2, -0.15) is 0 Å². The highest BCUT2D eigenvalue weighted by Gasteiger charge is 2.13. The number of rotatable bonds is 3. The van der Waals surface area contributed by atoms with Crippen molar-refractivity contribution >= 4 is 17.4 Å². The monoisotopic (exact) mass is 194 g/mol. The lowest BCUT2D eigenvalue weighted by Crippen LogP contribution is -2.15. The summed E-state index contributed by atoms with van der Waals surface area (Å²) >= 11 is 0. The van der Waals surface area contributed by atoms with Crippen molar-refractivity contribution < 1.29 is 14.7 Å². The van der Waals surface area contributed by atoms with E-state index in [4.69, 9.17) is 15.4 Å². The standard InChI is InChI=1S/C9H10N2O3/c1-2-14-11-8-5-6(9(12)13)3-4-7(8)10/h3-5,10H,2H2,1H3,(H,12,13)/b10-7?,11-8-. The van der Waals surface area contributed by atoms with Crippen molar-refractivity contribution in [1.29, 1.82) is 5.41 Å². The third-order valence-corrected chi connectivity index (χ3v) is 1.54. The Morgan fingerprint density at radius 3 is 2.93 bits per heavy atom. The number of carboxylic acids is 1. The first kappa shape index (κ1) is 10.2. The van der Waals surface area contributed by atoms with E-state index < -0.39 is 5.97 Å². The van der Waals surface area contributed by atoms with Crippen molar-refractivity contribution in [3.8, 4) is 0 Å². The molecule has 74 valence electrons. The first-order valence-electron chi connectivity index (χ1n) is 4.07. The number of nitrogens with one attached hydrogen (secondary N) is 1. The molecule has 2 N–H and O–H groups in total. The van der Waals surface area contributed by atoms with Crippen molar-refractivity contribution in [3.63, 3.8) is 0 Å². The van der Waals surface area contributed by atoms with Crippen LogP contribution in [0.15, 0.2) is 29.0 Å². The largest absolute Gasteiger partial charge is 0.478 e. The third kappa shape index (κ3) is 2.29. The Hall–Kier alpha value is -1.91. The van der Waals surface area contributed by atoms with Crippen LogP contribution >= 0.6 is 0 Å². The fourth-order valence-corrected chi connectivity index (χ4v) is 0.874. The van der Waals surface area contributed by atoms with Crippen LogP contribution in [0.1, 0.15) is 6.92 Å². The van der Waals surface area contributed by atoms with Crippen molar-refractivity contribution in [2.24, 2.45) is 5.16 Å². The number of hydrogen-bond donors (Lipinski definition) is 2. The summed E-state index contributed by atoms with van der Waals surface area (Å²) < 4.78 is 0. The van der Waals surface area contributed by atoms with Gasteiger partial charge in [0.05, 0.1) is 11.3 Å². The molecule has 0 spiro atoms. The highest BCUT2D eigenvalue weighted by molar-refractivity contribution is 6.50. The fourth-order valence-electron chi connectivity index (χ4n) is 0.874. The van der Waals surface area contributed by atoms with Gasteiger partial charge in [-0.3, -0.25) is 5.41 Å². The second kappa shape index (κ2) is 4.36. The molecule has 0 atom stereocenters. The van der Waals surface area contributed by atoms with E-state index in [1.54, 1.807) is 6.92 Å². The normalized spacial score (nSPS) is 18.2. The average Bonchev–Trinajstić information content (AvgIpc) is 2.16. The van der Waals surface area contributed by atoms with Gasteiger partial charge in [0.2, 0.25) is 0 Å². The van der Waals surface area contributed by atoms with Gasteiger partial charge in [-0.05, 0) is 25.2 Å². The molecule has 0 radical (unpaired) electrons. The summed E-state index contributed by atoms with van der Waals surface area (Å²) in [4.78, 5) is 15.3. The van der Waals surface area contributed by atoms with Gasteiger partial charge in [0, 0.05) is 0 Å². The summed E-state index contributed by atoms with van der Waals surface area (Å²) in [6.45, 7) is 2.14. The Morgan fingerprint density at radius 2 is 2.36 bits per heavy atom. The molecule has 1 aliphatic carbocycles. The molecule has 0 aliphatic heterocycles. The first-order valence-corrected chi connectivity index (χ1v) is 4.07. The molecule has 5 heteroatoms. The van der Waals surface area contributed by atoms with E-state index in [1.165, 1.54) is 18.2 Å². The van der Waals surface area contributed by atoms with Gasteiger partial charge in [0.25, 0.3) is 0 Å². The first-order chi connectivity index (χ1) is 6.65. The summed E-state index contributed by atoms with van der Waals surface area (Å²) in [6.07, 6.45) is 4.04. The van der Waals surface area contributed by atoms with Crippen LogP contribution in [0.4, 0.5) is 0 Å². The van der Waals surface area contributed by atoms with Crippen molar-refractivity contribution in [3.05, 3.63) is 23.8 Å². The predicted molar refractivity (Wildman–Crippen MR) is 51.6 cm³/mol. The Labute approximate surface area is 80.9 Å². The molecule has 0 saturated heterocycles. The SMILES string of the molecule is CCO/N=C1/C=C(C(=O)O)C=CC1=N. The van der Waals surface area contributed by atoms with Crippen molar-refractivity contribution in [1.82, 2.24) is 0 Å². The minimum absolute atomic E-state index is 0.0967. The molecule has 0 amide bonds. The van der Waals surface area contributed by atoms with Crippen molar-refractivity contribution in [2.45, 2.75) is 6.92 Å². The maximum absolute atomic E-state index is 10.6. The molecular weight excluding hydrogens is 184 g/mol. The molecule has 0 heterocycles. The number of hydrogen-bond acceptors (Lipinski definition) is 4. The van der Waals surface area contributed by atoms with E-state index in [2.05, 4.69) is 5.16 Å². The zero-order valence-electron chi connectivity index (χ0n) is 7.65. The second-order valence-corrected chi connectivity index (χ2v) is 2.55. The molecule has 5 nitrogen and oxygen atoms in total. The lowest BCUT2D eigenvalue weighted by Gasteiger charge is -2.05. The minimum Gasteiger partial charge on any atom is -0.478 e. The van der Waals surface area contributed by atoms with Crippen LogP contribution in [-0.2, 0) is 9.63 Å². The van der Waals surface area contributed by atoms with Crippen LogP contribution in [-0.4, -0.2) is 29.1 Å². The molecule has 0 fully saturated rings. The number of carboxylic acid groups (broad SMARTS) is 1. The quantitative estimate of drug-likeness (QED) is 0.519. The molecule has 0 unspecified atom stereocenters. The van der Waals surface area contributed by atoms with Crippen LogP contribution in [0.25, 0.3) is 0 Å². The maximum Gasteiger partial charge on any atom is 0.335 e. The molecule has 0 aromatic rings. The summed E-state index contributed by atoms with van der Waals surface area (Å²) in [5, 5.41) is 19.7. The Bertz CT molecular complexity index is 353. The highest BCUT2D eigenvalue weighted by Crippen LogP contribution is 2.06. The number of nitrogens with zero attached hydrogens (tertiary/aromatic N) is 1. The minimum atomic E-state index is -1.04. The lowest BCUT2D eigenvalue weighted by atomic mass is 10.0. The topological polar surface area (TPSA) is 82.7 Å². The summed E-state index contributed by atoms with van der Waals surface area (Å²) in [5.41, 5.74) is 0.467. The highest BCUT2D eigenvalue weighted by atomic mass is 16.6. The number of carbonyl (C=O) groups is 1. The fraction of sp³-hybridized carbons (Fsp3) is 0.222. The molecule has 1 aliphatic rings. The summed E-state index contributed by atoms with van der Waals surface area (Å²) in [6, 6.07) is 0.